The second kappa shape index (κ2) is 8.18. The molecule has 2 aromatic rings. The highest BCUT2D eigenvalue weighted by molar-refractivity contribution is 7.52. The van der Waals surface area contributed by atoms with Crippen molar-refractivity contribution in [2.75, 3.05) is 6.54 Å². The van der Waals surface area contributed by atoms with Crippen molar-refractivity contribution < 1.29 is 23.5 Å². The first kappa shape index (κ1) is 22.0. The molecule has 2 amide bonds. The SMILES string of the molecule is CC1CCN(C2CC2)P2Cn3cc(C(=O)NCc4ccc(F)cc4F)c(=O)c(O)c3C(=O)N12. The Labute approximate surface area is 189 Å². The zero-order chi connectivity index (χ0) is 23.4. The highest BCUT2D eigenvalue weighted by Gasteiger charge is 2.47. The number of rotatable bonds is 4. The van der Waals surface area contributed by atoms with E-state index in [1.54, 1.807) is 4.67 Å². The lowest BCUT2D eigenvalue weighted by molar-refractivity contribution is 0.0766. The van der Waals surface area contributed by atoms with Crippen LogP contribution in [0.3, 0.4) is 0 Å². The maximum absolute atomic E-state index is 13.9. The van der Waals surface area contributed by atoms with Crippen molar-refractivity contribution in [1.82, 2.24) is 19.2 Å². The van der Waals surface area contributed by atoms with Crippen LogP contribution in [0, 0.1) is 11.6 Å². The van der Waals surface area contributed by atoms with Gasteiger partial charge in [0.25, 0.3) is 11.8 Å². The molecule has 1 saturated heterocycles. The topological polar surface area (TPSA) is 94.9 Å². The van der Waals surface area contributed by atoms with Crippen molar-refractivity contribution in [2.45, 2.75) is 51.1 Å². The molecule has 5 rings (SSSR count). The smallest absolute Gasteiger partial charge is 0.278 e. The van der Waals surface area contributed by atoms with Crippen molar-refractivity contribution in [2.24, 2.45) is 0 Å². The van der Waals surface area contributed by atoms with E-state index in [-0.39, 0.29) is 29.4 Å². The Morgan fingerprint density at radius 1 is 1.24 bits per heavy atom. The van der Waals surface area contributed by atoms with Gasteiger partial charge in [0, 0.05) is 43.0 Å². The first-order chi connectivity index (χ1) is 15.8. The van der Waals surface area contributed by atoms with Crippen LogP contribution in [0.1, 0.15) is 52.6 Å². The number of benzene rings is 1. The normalized spacial score (nSPS) is 22.6. The fourth-order valence-electron chi connectivity index (χ4n) is 4.43. The standard InChI is InChI=1S/C22H23F2N4O4P/c1-12-6-7-27(15-4-5-15)33-11-26-10-16(19(29)20(30)18(26)22(32)28(12)33)21(31)25-9-13-2-3-14(23)8-17(13)24/h2-3,8,10,12,15,30H,4-7,9,11H2,1H3,(H,25,31). The van der Waals surface area contributed by atoms with Crippen LogP contribution in [-0.4, -0.2) is 49.5 Å². The second-order valence-corrected chi connectivity index (χ2v) is 10.6. The fourth-order valence-corrected chi connectivity index (χ4v) is 7.31. The van der Waals surface area contributed by atoms with Gasteiger partial charge >= 0.3 is 0 Å². The molecule has 174 valence electrons. The zero-order valence-corrected chi connectivity index (χ0v) is 18.8. The van der Waals surface area contributed by atoms with Gasteiger partial charge < -0.3 is 15.0 Å². The average Bonchev–Trinajstić information content (AvgIpc) is 3.60. The fraction of sp³-hybridized carbons (Fsp3) is 0.409. The van der Waals surface area contributed by atoms with Gasteiger partial charge in [-0.05, 0) is 32.3 Å². The summed E-state index contributed by atoms with van der Waals surface area (Å²) < 4.78 is 32.6. The summed E-state index contributed by atoms with van der Waals surface area (Å²) in [4.78, 5) is 38.8. The van der Waals surface area contributed by atoms with Crippen LogP contribution < -0.4 is 10.7 Å². The third-order valence-corrected chi connectivity index (χ3v) is 9.10. The van der Waals surface area contributed by atoms with Gasteiger partial charge in [-0.25, -0.2) is 8.78 Å². The van der Waals surface area contributed by atoms with E-state index in [1.165, 1.54) is 16.8 Å². The summed E-state index contributed by atoms with van der Waals surface area (Å²) in [5.74, 6) is -3.53. The van der Waals surface area contributed by atoms with Gasteiger partial charge in [0.1, 0.15) is 17.2 Å². The molecule has 2 fully saturated rings. The molecule has 2 atom stereocenters. The molecule has 11 heteroatoms. The van der Waals surface area contributed by atoms with Crippen LogP contribution in [0.5, 0.6) is 5.75 Å². The third-order valence-electron chi connectivity index (χ3n) is 6.35. The number of aromatic nitrogens is 1. The van der Waals surface area contributed by atoms with Gasteiger partial charge in [-0.1, -0.05) is 6.07 Å². The lowest BCUT2D eigenvalue weighted by atomic mass is 10.1. The van der Waals surface area contributed by atoms with Crippen LogP contribution in [0.2, 0.25) is 0 Å². The number of hydrogen-bond donors (Lipinski definition) is 2. The Kier molecular flexibility index (Phi) is 5.45. The molecule has 2 N–H and O–H groups in total. The van der Waals surface area contributed by atoms with Crippen molar-refractivity contribution in [3.05, 3.63) is 63.1 Å². The molecule has 3 heterocycles. The van der Waals surface area contributed by atoms with Gasteiger partial charge in [0.05, 0.1) is 14.5 Å². The predicted molar refractivity (Wildman–Crippen MR) is 117 cm³/mol. The maximum atomic E-state index is 13.9. The molecule has 2 aliphatic heterocycles. The van der Waals surface area contributed by atoms with E-state index in [9.17, 15) is 28.3 Å². The number of aromatic hydroxyl groups is 1. The van der Waals surface area contributed by atoms with Crippen LogP contribution in [0.4, 0.5) is 8.78 Å². The molecule has 1 aromatic heterocycles. The average molecular weight is 476 g/mol. The molecule has 1 saturated carbocycles. The maximum Gasteiger partial charge on any atom is 0.278 e. The van der Waals surface area contributed by atoms with Crippen LogP contribution in [0.25, 0.3) is 0 Å². The predicted octanol–water partition coefficient (Wildman–Crippen LogP) is 2.74. The van der Waals surface area contributed by atoms with Crippen molar-refractivity contribution >= 4 is 20.0 Å². The largest absolute Gasteiger partial charge is 0.503 e. The Bertz CT molecular complexity index is 1220. The van der Waals surface area contributed by atoms with E-state index < -0.39 is 42.9 Å². The van der Waals surface area contributed by atoms with Crippen LogP contribution in [0.15, 0.2) is 29.2 Å². The molecule has 8 nitrogen and oxygen atoms in total. The molecular formula is C22H23F2N4O4P. The number of nitrogens with one attached hydrogen (secondary N) is 1. The molecule has 2 unspecified atom stereocenters. The van der Waals surface area contributed by atoms with E-state index in [4.69, 9.17) is 0 Å². The van der Waals surface area contributed by atoms with E-state index in [0.717, 1.165) is 31.9 Å². The van der Waals surface area contributed by atoms with Crippen molar-refractivity contribution in [3.8, 4) is 5.75 Å². The minimum absolute atomic E-state index is 0.00422. The lowest BCUT2D eigenvalue weighted by Gasteiger charge is -2.50. The number of nitrogens with zero attached hydrogens (tertiary/aromatic N) is 3. The first-order valence-electron chi connectivity index (χ1n) is 10.8. The highest BCUT2D eigenvalue weighted by Crippen LogP contribution is 2.58. The third kappa shape index (κ3) is 3.81. The molecule has 3 aliphatic rings. The van der Waals surface area contributed by atoms with Gasteiger partial charge in [0.2, 0.25) is 5.43 Å². The Hall–Kier alpha value is -2.84. The van der Waals surface area contributed by atoms with Gasteiger partial charge in [-0.15, -0.1) is 0 Å². The van der Waals surface area contributed by atoms with Gasteiger partial charge in [0.15, 0.2) is 11.4 Å². The second-order valence-electron chi connectivity index (χ2n) is 8.65. The first-order valence-corrected chi connectivity index (χ1v) is 12.3. The minimum atomic E-state index is -1.01. The molecule has 1 aromatic carbocycles. The van der Waals surface area contributed by atoms with Crippen molar-refractivity contribution in [1.29, 1.82) is 0 Å². The highest BCUT2D eigenvalue weighted by atomic mass is 31.1. The Morgan fingerprint density at radius 3 is 2.70 bits per heavy atom. The quantitative estimate of drug-likeness (QED) is 0.662. The summed E-state index contributed by atoms with van der Waals surface area (Å²) in [5.41, 5.74) is -1.35. The molecule has 0 spiro atoms. The number of carbonyl (C=O) groups is 2. The number of carbonyl (C=O) groups excluding carboxylic acids is 2. The molecule has 0 radical (unpaired) electrons. The number of amides is 2. The zero-order valence-electron chi connectivity index (χ0n) is 17.9. The lowest BCUT2D eigenvalue weighted by Crippen LogP contribution is -2.50. The number of pyridine rings is 1. The molecule has 1 aliphatic carbocycles. The molecule has 0 bridgehead atoms. The van der Waals surface area contributed by atoms with E-state index in [2.05, 4.69) is 9.99 Å². The summed E-state index contributed by atoms with van der Waals surface area (Å²) in [6, 6.07) is 3.42. The Morgan fingerprint density at radius 2 is 2.00 bits per heavy atom. The minimum Gasteiger partial charge on any atom is -0.503 e. The number of fused-ring (bicyclic) bond motifs is 2. The summed E-state index contributed by atoms with van der Waals surface area (Å²) in [5, 5.41) is 13.0. The van der Waals surface area contributed by atoms with Gasteiger partial charge in [-0.3, -0.25) is 23.7 Å². The summed E-state index contributed by atoms with van der Waals surface area (Å²) >= 11 is 0. The van der Waals surface area contributed by atoms with E-state index in [1.807, 2.05) is 6.92 Å². The number of halogens is 2. The van der Waals surface area contributed by atoms with E-state index >= 15 is 0 Å². The summed E-state index contributed by atoms with van der Waals surface area (Å²) in [7, 11) is -1.01. The van der Waals surface area contributed by atoms with Crippen LogP contribution in [-0.2, 0) is 12.8 Å². The van der Waals surface area contributed by atoms with E-state index in [0.29, 0.717) is 18.4 Å². The molecular weight excluding hydrogens is 453 g/mol. The summed E-state index contributed by atoms with van der Waals surface area (Å²) in [6.07, 6.45) is 4.69. The summed E-state index contributed by atoms with van der Waals surface area (Å²) in [6.45, 7) is 2.59. The Balaban J connectivity index is 1.45. The monoisotopic (exact) mass is 476 g/mol. The number of hydrogen-bond acceptors (Lipinski definition) is 5. The van der Waals surface area contributed by atoms with Crippen LogP contribution >= 0.6 is 8.22 Å². The van der Waals surface area contributed by atoms with Gasteiger partial charge in [-0.2, -0.15) is 0 Å². The van der Waals surface area contributed by atoms with Crippen molar-refractivity contribution in [3.63, 3.8) is 0 Å². The molecule has 33 heavy (non-hydrogen) atoms.